The fourth-order valence-electron chi connectivity index (χ4n) is 2.96. The number of hydrogen-bond donors (Lipinski definition) is 1. The molecule has 0 bridgehead atoms. The zero-order valence-corrected chi connectivity index (χ0v) is 22.2. The molecule has 0 heterocycles. The molecule has 3 aromatic carbocycles. The molecule has 0 aliphatic carbocycles. The molecular weight excluding hydrogens is 603 g/mol. The Labute approximate surface area is 222 Å². The maximum absolute atomic E-state index is 12.8. The van der Waals surface area contributed by atoms with Crippen molar-refractivity contribution < 1.29 is 22.1 Å². The maximum atomic E-state index is 12.8. The summed E-state index contributed by atoms with van der Waals surface area (Å²) in [6.07, 6.45) is 1.41. The van der Waals surface area contributed by atoms with Crippen molar-refractivity contribution in [3.05, 3.63) is 92.0 Å². The Morgan fingerprint density at radius 3 is 2.46 bits per heavy atom. The van der Waals surface area contributed by atoms with Crippen LogP contribution in [0, 0.1) is 14.9 Å². The lowest BCUT2D eigenvalue weighted by Crippen LogP contribution is -2.23. The Morgan fingerprint density at radius 1 is 1.14 bits per heavy atom. The Morgan fingerprint density at radius 2 is 1.83 bits per heavy atom. The molecule has 0 aromatic heterocycles. The van der Waals surface area contributed by atoms with E-state index in [9.17, 15) is 18.5 Å². The van der Waals surface area contributed by atoms with E-state index in [1.54, 1.807) is 13.0 Å². The van der Waals surface area contributed by atoms with E-state index in [4.69, 9.17) is 20.5 Å². The van der Waals surface area contributed by atoms with Crippen LogP contribution < -0.4 is 14.2 Å². The van der Waals surface area contributed by atoms with Crippen LogP contribution in [-0.4, -0.2) is 20.9 Å². The molecule has 0 fully saturated rings. The van der Waals surface area contributed by atoms with Crippen LogP contribution in [0.2, 0.25) is 5.02 Å². The standard InChI is InChI=1S/C25H20ClIN2O5S/c1-2-33-23-14-18(12-19(15-28)25(30)29-16-17-6-4-3-5-7-17)13-22(27)24(23)34-35(31,32)21-10-8-20(26)9-11-21/h3-14H,2,16H2,1H3,(H,29,30)/b19-12+. The molecule has 0 saturated heterocycles. The number of halogens is 2. The third-order valence-corrected chi connectivity index (χ3v) is 6.89. The van der Waals surface area contributed by atoms with E-state index in [0.717, 1.165) is 5.56 Å². The molecule has 7 nitrogen and oxygen atoms in total. The second-order valence-corrected chi connectivity index (χ2v) is 10.2. The monoisotopic (exact) mass is 622 g/mol. The zero-order valence-electron chi connectivity index (χ0n) is 18.5. The molecule has 0 spiro atoms. The van der Waals surface area contributed by atoms with Gasteiger partial charge in [0, 0.05) is 11.6 Å². The molecule has 0 radical (unpaired) electrons. The molecule has 0 atom stereocenters. The number of nitriles is 1. The third-order valence-electron chi connectivity index (χ3n) is 4.60. The molecular formula is C25H20ClIN2O5S. The van der Waals surface area contributed by atoms with Crippen molar-refractivity contribution in [1.29, 1.82) is 5.26 Å². The van der Waals surface area contributed by atoms with Gasteiger partial charge in [-0.1, -0.05) is 41.9 Å². The highest BCUT2D eigenvalue weighted by Crippen LogP contribution is 2.37. The number of ether oxygens (including phenoxy) is 1. The lowest BCUT2D eigenvalue weighted by atomic mass is 10.1. The van der Waals surface area contributed by atoms with Gasteiger partial charge in [-0.2, -0.15) is 13.7 Å². The first-order valence-corrected chi connectivity index (χ1v) is 13.2. The van der Waals surface area contributed by atoms with Crippen molar-refractivity contribution in [3.8, 4) is 17.6 Å². The SMILES string of the molecule is CCOc1cc(/C=C(\C#N)C(=O)NCc2ccccc2)cc(I)c1OS(=O)(=O)c1ccc(Cl)cc1. The lowest BCUT2D eigenvalue weighted by Gasteiger charge is -2.15. The molecule has 0 unspecified atom stereocenters. The van der Waals surface area contributed by atoms with Crippen molar-refractivity contribution in [2.24, 2.45) is 0 Å². The Kier molecular flexibility index (Phi) is 9.14. The van der Waals surface area contributed by atoms with E-state index in [-0.39, 0.29) is 35.1 Å². The fraction of sp³-hybridized carbons (Fsp3) is 0.120. The van der Waals surface area contributed by atoms with Crippen LogP contribution in [0.5, 0.6) is 11.5 Å². The van der Waals surface area contributed by atoms with Crippen molar-refractivity contribution >= 4 is 56.3 Å². The van der Waals surface area contributed by atoms with E-state index in [1.807, 2.05) is 59.0 Å². The third kappa shape index (κ3) is 7.21. The normalized spacial score (nSPS) is 11.4. The van der Waals surface area contributed by atoms with Crippen molar-refractivity contribution in [2.45, 2.75) is 18.4 Å². The summed E-state index contributed by atoms with van der Waals surface area (Å²) in [7, 11) is -4.16. The van der Waals surface area contributed by atoms with Crippen LogP contribution in [0.3, 0.4) is 0 Å². The van der Waals surface area contributed by atoms with Gasteiger partial charge < -0.3 is 14.2 Å². The zero-order chi connectivity index (χ0) is 25.4. The number of benzene rings is 3. The average Bonchev–Trinajstić information content (AvgIpc) is 2.84. The minimum absolute atomic E-state index is 0.00610. The van der Waals surface area contributed by atoms with Gasteiger partial charge >= 0.3 is 10.1 Å². The summed E-state index contributed by atoms with van der Waals surface area (Å²) >= 11 is 7.76. The summed E-state index contributed by atoms with van der Waals surface area (Å²) in [6.45, 7) is 2.25. The molecule has 0 saturated carbocycles. The second-order valence-electron chi connectivity index (χ2n) is 7.09. The minimum Gasteiger partial charge on any atom is -0.490 e. The first-order chi connectivity index (χ1) is 16.7. The average molecular weight is 623 g/mol. The predicted octanol–water partition coefficient (Wildman–Crippen LogP) is 5.33. The molecule has 1 amide bonds. The van der Waals surface area contributed by atoms with Gasteiger partial charge in [-0.05, 0) is 83.1 Å². The molecule has 0 aliphatic rings. The van der Waals surface area contributed by atoms with Crippen molar-refractivity contribution in [3.63, 3.8) is 0 Å². The smallest absolute Gasteiger partial charge is 0.339 e. The van der Waals surface area contributed by atoms with E-state index in [2.05, 4.69) is 5.32 Å². The van der Waals surface area contributed by atoms with Crippen LogP contribution in [0.1, 0.15) is 18.1 Å². The number of rotatable bonds is 9. The highest BCUT2D eigenvalue weighted by Gasteiger charge is 2.22. The van der Waals surface area contributed by atoms with Crippen molar-refractivity contribution in [2.75, 3.05) is 6.61 Å². The summed E-state index contributed by atoms with van der Waals surface area (Å²) in [5.41, 5.74) is 1.26. The van der Waals surface area contributed by atoms with E-state index < -0.39 is 16.0 Å². The van der Waals surface area contributed by atoms with Crippen LogP contribution >= 0.6 is 34.2 Å². The Hall–Kier alpha value is -3.07. The van der Waals surface area contributed by atoms with Gasteiger partial charge in [0.25, 0.3) is 5.91 Å². The summed E-state index contributed by atoms with van der Waals surface area (Å²) in [5, 5.41) is 12.6. The molecule has 10 heteroatoms. The van der Waals surface area contributed by atoms with E-state index in [0.29, 0.717) is 14.2 Å². The summed E-state index contributed by atoms with van der Waals surface area (Å²) < 4.78 is 37.0. The maximum Gasteiger partial charge on any atom is 0.339 e. The quantitative estimate of drug-likeness (QED) is 0.150. The van der Waals surface area contributed by atoms with Crippen molar-refractivity contribution in [1.82, 2.24) is 5.32 Å². The molecule has 0 aliphatic heterocycles. The van der Waals surface area contributed by atoms with Gasteiger partial charge in [-0.15, -0.1) is 0 Å². The van der Waals surface area contributed by atoms with Crippen LogP contribution in [0.4, 0.5) is 0 Å². The highest BCUT2D eigenvalue weighted by atomic mass is 127. The largest absolute Gasteiger partial charge is 0.490 e. The number of carbonyl (C=O) groups is 1. The minimum atomic E-state index is -4.16. The van der Waals surface area contributed by atoms with E-state index >= 15 is 0 Å². The first-order valence-electron chi connectivity index (χ1n) is 10.3. The molecule has 1 N–H and O–H groups in total. The Bertz CT molecular complexity index is 1390. The number of carbonyl (C=O) groups excluding carboxylic acids is 1. The van der Waals surface area contributed by atoms with Gasteiger partial charge in [-0.3, -0.25) is 4.79 Å². The topological polar surface area (TPSA) is 105 Å². The van der Waals surface area contributed by atoms with Crippen LogP contribution in [0.15, 0.2) is 77.2 Å². The molecule has 180 valence electrons. The number of amides is 1. The number of hydrogen-bond acceptors (Lipinski definition) is 6. The van der Waals surface area contributed by atoms with Gasteiger partial charge in [0.05, 0.1) is 10.2 Å². The predicted molar refractivity (Wildman–Crippen MR) is 141 cm³/mol. The summed E-state index contributed by atoms with van der Waals surface area (Å²) in [5.74, 6) is -0.369. The van der Waals surface area contributed by atoms with Gasteiger partial charge in [0.2, 0.25) is 0 Å². The summed E-state index contributed by atoms with van der Waals surface area (Å²) in [4.78, 5) is 12.5. The lowest BCUT2D eigenvalue weighted by molar-refractivity contribution is -0.117. The molecule has 3 rings (SSSR count). The number of nitrogens with zero attached hydrogens (tertiary/aromatic N) is 1. The van der Waals surface area contributed by atoms with Crippen LogP contribution in [0.25, 0.3) is 6.08 Å². The van der Waals surface area contributed by atoms with Gasteiger partial charge in [0.15, 0.2) is 11.5 Å². The van der Waals surface area contributed by atoms with E-state index in [1.165, 1.54) is 36.4 Å². The highest BCUT2D eigenvalue weighted by molar-refractivity contribution is 14.1. The van der Waals surface area contributed by atoms with Gasteiger partial charge in [-0.25, -0.2) is 0 Å². The Balaban J connectivity index is 1.88. The van der Waals surface area contributed by atoms with Gasteiger partial charge in [0.1, 0.15) is 16.5 Å². The second kappa shape index (κ2) is 12.1. The number of nitrogens with one attached hydrogen (secondary N) is 1. The van der Waals surface area contributed by atoms with Crippen LogP contribution in [-0.2, 0) is 21.5 Å². The fourth-order valence-corrected chi connectivity index (χ4v) is 4.93. The molecule has 35 heavy (non-hydrogen) atoms. The summed E-state index contributed by atoms with van der Waals surface area (Å²) in [6, 6.07) is 19.9. The first kappa shape index (κ1) is 26.5. The molecule has 3 aromatic rings.